The zero-order chi connectivity index (χ0) is 57.4. The minimum absolute atomic E-state index is 0. The third kappa shape index (κ3) is 21.9. The zero-order valence-electron chi connectivity index (χ0n) is 50.6. The van der Waals surface area contributed by atoms with E-state index in [-0.39, 0.29) is 61.6 Å². The SMILES string of the molecule is CCOCC.CCOCC.[Li+].[Li+].[O-]C(NC1CCCCC1)=C(P(c1ccccc1)c1ccccc1)P(c1ccccc1)c1ccccc1.[O-]C(NC1CCCCC1)=C(P(c1ccccc1)c1ccccc1)P(c1ccccc1)c1ccccc1. The molecule has 0 atom stereocenters. The van der Waals surface area contributed by atoms with E-state index in [2.05, 4.69) is 253 Å². The van der Waals surface area contributed by atoms with Crippen molar-refractivity contribution < 1.29 is 57.4 Å². The molecule has 8 aromatic carbocycles. The Bertz CT molecular complexity index is 2480. The van der Waals surface area contributed by atoms with E-state index in [1.165, 1.54) is 81.0 Å². The van der Waals surface area contributed by atoms with Crippen LogP contribution in [0.5, 0.6) is 0 Å². The standard InChI is InChI=1S/2C32H33NOP2.2C4H10O.2Li/c2*34-31(33-26-16-6-1-7-17-26)32(35(27-18-8-2-9-19-27)28-20-10-3-11-21-28)36(29-22-12-4-13-23-29)30-24-14-5-15-25-30;2*1-3-5-4-2;;/h2*2-5,8-15,18-26,33-34H,1,6-7,16-17H2;2*3-4H2,1-2H3;;/q;;;;2*+1/p-2. The van der Waals surface area contributed by atoms with E-state index in [0.717, 1.165) is 62.2 Å². The molecule has 428 valence electrons. The Morgan fingerprint density at radius 2 is 0.476 bits per heavy atom. The molecule has 0 bridgehead atoms. The van der Waals surface area contributed by atoms with Gasteiger partial charge >= 0.3 is 37.7 Å². The molecule has 2 N–H and O–H groups in total. The number of hydrogen-bond acceptors (Lipinski definition) is 6. The fraction of sp³-hybridized carbons (Fsp3) is 0.278. The van der Waals surface area contributed by atoms with Crippen LogP contribution in [0.3, 0.4) is 0 Å². The second-order valence-electron chi connectivity index (χ2n) is 19.9. The van der Waals surface area contributed by atoms with Gasteiger partial charge in [-0.3, -0.25) is 0 Å². The minimum atomic E-state index is -1.03. The summed E-state index contributed by atoms with van der Waals surface area (Å²) in [5.74, 6) is 0.249. The van der Waals surface area contributed by atoms with Crippen LogP contribution in [0.4, 0.5) is 0 Å². The van der Waals surface area contributed by atoms with Crippen LogP contribution in [0.25, 0.3) is 0 Å². The first kappa shape index (κ1) is 70.0. The van der Waals surface area contributed by atoms with Crippen LogP contribution in [0.15, 0.2) is 265 Å². The van der Waals surface area contributed by atoms with Gasteiger partial charge < -0.3 is 30.3 Å². The van der Waals surface area contributed by atoms with Crippen molar-refractivity contribution >= 4 is 74.1 Å². The Morgan fingerprint density at radius 1 is 0.310 bits per heavy atom. The minimum Gasteiger partial charge on any atom is -0.860 e. The van der Waals surface area contributed by atoms with E-state index in [0.29, 0.717) is 0 Å². The van der Waals surface area contributed by atoms with Crippen LogP contribution in [-0.4, -0.2) is 38.5 Å². The van der Waals surface area contributed by atoms with E-state index in [1.807, 2.05) is 27.7 Å². The van der Waals surface area contributed by atoms with Gasteiger partial charge in [0.05, 0.1) is 0 Å². The van der Waals surface area contributed by atoms with E-state index >= 15 is 0 Å². The normalized spacial score (nSPS) is 13.0. The summed E-state index contributed by atoms with van der Waals surface area (Å²) in [4.78, 5) is 0. The number of rotatable bonds is 20. The maximum Gasteiger partial charge on any atom is 1.00 e. The summed E-state index contributed by atoms with van der Waals surface area (Å²) in [6.45, 7) is 11.3. The quantitative estimate of drug-likeness (QED) is 0.0470. The number of nitrogens with one attached hydrogen (secondary N) is 2. The van der Waals surface area contributed by atoms with Gasteiger partial charge in [-0.05, 0) is 139 Å². The van der Waals surface area contributed by atoms with Crippen LogP contribution in [0, 0.1) is 0 Å². The topological polar surface area (TPSA) is 88.6 Å². The van der Waals surface area contributed by atoms with Gasteiger partial charge in [-0.15, -0.1) is 0 Å². The molecule has 0 amide bonds. The van der Waals surface area contributed by atoms with Gasteiger partial charge in [-0.2, -0.15) is 0 Å². The Morgan fingerprint density at radius 3 is 0.619 bits per heavy atom. The molecule has 8 aromatic rings. The third-order valence-electron chi connectivity index (χ3n) is 14.1. The largest absolute Gasteiger partial charge is 1.00 e. The molecule has 0 aromatic heterocycles. The van der Waals surface area contributed by atoms with Crippen LogP contribution >= 0.6 is 31.7 Å². The van der Waals surface area contributed by atoms with Gasteiger partial charge in [0.25, 0.3) is 0 Å². The monoisotopic (exact) mass is 1180 g/mol. The van der Waals surface area contributed by atoms with E-state index in [4.69, 9.17) is 9.47 Å². The van der Waals surface area contributed by atoms with Crippen molar-refractivity contribution in [1.82, 2.24) is 10.6 Å². The predicted octanol–water partition coefficient (Wildman–Crippen LogP) is 7.42. The molecular formula is C72H84Li2N2O4P4. The molecule has 84 heavy (non-hydrogen) atoms. The summed E-state index contributed by atoms with van der Waals surface area (Å²) in [6.07, 6.45) is 11.6. The zero-order valence-corrected chi connectivity index (χ0v) is 54.1. The van der Waals surface area contributed by atoms with Gasteiger partial charge in [0.1, 0.15) is 0 Å². The average Bonchev–Trinajstić information content (AvgIpc) is 3.36. The maximum atomic E-state index is 14.5. The molecule has 0 heterocycles. The Hall–Kier alpha value is -4.73. The average molecular weight is 1180 g/mol. The van der Waals surface area contributed by atoms with E-state index < -0.39 is 31.7 Å². The van der Waals surface area contributed by atoms with Crippen molar-refractivity contribution in [3.05, 3.63) is 265 Å². The summed E-state index contributed by atoms with van der Waals surface area (Å²) in [5.41, 5.74) is 0. The van der Waals surface area contributed by atoms with Crippen molar-refractivity contribution in [2.24, 2.45) is 0 Å². The fourth-order valence-corrected chi connectivity index (χ4v) is 22.6. The molecule has 0 radical (unpaired) electrons. The number of hydrogen-bond donors (Lipinski definition) is 2. The molecule has 0 spiro atoms. The summed E-state index contributed by atoms with van der Waals surface area (Å²) >= 11 is 0. The fourth-order valence-electron chi connectivity index (χ4n) is 10.2. The van der Waals surface area contributed by atoms with Crippen LogP contribution in [0.2, 0.25) is 0 Å². The van der Waals surface area contributed by atoms with Crippen molar-refractivity contribution in [2.45, 2.75) is 104 Å². The molecule has 2 aliphatic carbocycles. The van der Waals surface area contributed by atoms with Crippen molar-refractivity contribution in [3.63, 3.8) is 0 Å². The molecule has 0 aliphatic heterocycles. The molecular weight excluding hydrogens is 1090 g/mol. The summed E-state index contributed by atoms with van der Waals surface area (Å²) < 4.78 is 9.67. The third-order valence-corrected chi connectivity index (χ3v) is 25.5. The Labute approximate surface area is 533 Å². The summed E-state index contributed by atoms with van der Waals surface area (Å²) in [5, 5.41) is 47.7. The smallest absolute Gasteiger partial charge is 0.860 e. The van der Waals surface area contributed by atoms with Crippen LogP contribution in [-0.2, 0) is 9.47 Å². The van der Waals surface area contributed by atoms with Gasteiger partial charge in [-0.1, -0.05) is 281 Å². The predicted molar refractivity (Wildman–Crippen MR) is 355 cm³/mol. The molecule has 2 aliphatic rings. The number of benzene rings is 8. The Balaban J connectivity index is 0.000000259. The van der Waals surface area contributed by atoms with Crippen LogP contribution < -0.4 is 101 Å². The van der Waals surface area contributed by atoms with E-state index in [9.17, 15) is 10.2 Å². The Kier molecular flexibility index (Phi) is 33.9. The number of ether oxygens (including phenoxy) is 2. The molecule has 10 rings (SSSR count). The molecule has 6 nitrogen and oxygen atoms in total. The molecule has 2 fully saturated rings. The summed E-state index contributed by atoms with van der Waals surface area (Å²) in [6, 6.07) is 85.5. The maximum absolute atomic E-state index is 14.5. The van der Waals surface area contributed by atoms with Crippen LogP contribution in [0.1, 0.15) is 91.9 Å². The molecule has 0 saturated heterocycles. The molecule has 2 saturated carbocycles. The first-order chi connectivity index (χ1) is 40.4. The van der Waals surface area contributed by atoms with Crippen molar-refractivity contribution in [2.75, 3.05) is 26.4 Å². The summed E-state index contributed by atoms with van der Waals surface area (Å²) in [7, 11) is -4.14. The molecule has 0 unspecified atom stereocenters. The van der Waals surface area contributed by atoms with Gasteiger partial charge in [0.2, 0.25) is 0 Å². The first-order valence-electron chi connectivity index (χ1n) is 29.6. The molecule has 12 heteroatoms. The van der Waals surface area contributed by atoms with Gasteiger partial charge in [-0.25, -0.2) is 0 Å². The first-order valence-corrected chi connectivity index (χ1v) is 34.9. The van der Waals surface area contributed by atoms with E-state index in [1.54, 1.807) is 0 Å². The van der Waals surface area contributed by atoms with Crippen molar-refractivity contribution in [3.8, 4) is 0 Å². The van der Waals surface area contributed by atoms with Gasteiger partial charge in [0, 0.05) is 48.6 Å². The second-order valence-corrected chi connectivity index (χ2v) is 29.2. The van der Waals surface area contributed by atoms with Gasteiger partial charge in [0.15, 0.2) is 0 Å². The second kappa shape index (κ2) is 40.6. The van der Waals surface area contributed by atoms with Crippen molar-refractivity contribution in [1.29, 1.82) is 0 Å².